The minimum Gasteiger partial charge on any atom is -0.477 e. The first kappa shape index (κ1) is 31.1. The van der Waals surface area contributed by atoms with Crippen LogP contribution in [0.2, 0.25) is 0 Å². The molecule has 242 valence electrons. The van der Waals surface area contributed by atoms with Gasteiger partial charge in [-0.05, 0) is 89.8 Å². The van der Waals surface area contributed by atoms with E-state index >= 15 is 0 Å². The number of carbonyl (C=O) groups is 2. The average Bonchev–Trinajstić information content (AvgIpc) is 3.65. The highest BCUT2D eigenvalue weighted by Gasteiger charge is 2.44. The number of aromatic carboxylic acids is 1. The molecule has 1 atom stereocenters. The van der Waals surface area contributed by atoms with Crippen LogP contribution in [0.3, 0.4) is 0 Å². The van der Waals surface area contributed by atoms with Crippen LogP contribution in [0.1, 0.15) is 90.5 Å². The molecule has 0 bridgehead atoms. The molecule has 1 aliphatic carbocycles. The summed E-state index contributed by atoms with van der Waals surface area (Å²) in [5.41, 5.74) is 5.90. The molecule has 1 aliphatic rings. The number of carboxylic acids is 1. The Labute approximate surface area is 281 Å². The lowest BCUT2D eigenvalue weighted by Crippen LogP contribution is -2.52. The largest absolute Gasteiger partial charge is 0.477 e. The summed E-state index contributed by atoms with van der Waals surface area (Å²) in [5, 5.41) is 14.9. The van der Waals surface area contributed by atoms with Crippen LogP contribution in [-0.2, 0) is 26.7 Å². The van der Waals surface area contributed by atoms with Gasteiger partial charge in [0.25, 0.3) is 5.91 Å². The number of aromatic nitrogens is 6. The molecule has 11 heteroatoms. The summed E-state index contributed by atoms with van der Waals surface area (Å²) in [6.45, 7) is 4.44. The lowest BCUT2D eigenvalue weighted by Gasteiger charge is -2.41. The van der Waals surface area contributed by atoms with E-state index < -0.39 is 11.5 Å². The number of hydrogen-bond acceptors (Lipinski definition) is 5. The van der Waals surface area contributed by atoms with Crippen LogP contribution in [0.25, 0.3) is 44.4 Å². The first-order valence-corrected chi connectivity index (χ1v) is 17.0. The van der Waals surface area contributed by atoms with E-state index in [0.29, 0.717) is 17.3 Å². The summed E-state index contributed by atoms with van der Waals surface area (Å²) >= 11 is 3.46. The maximum atomic E-state index is 14.0. The van der Waals surface area contributed by atoms with E-state index in [-0.39, 0.29) is 11.6 Å². The highest BCUT2D eigenvalue weighted by atomic mass is 79.9. The minimum atomic E-state index is -0.966. The zero-order valence-electron chi connectivity index (χ0n) is 27.3. The van der Waals surface area contributed by atoms with Crippen LogP contribution in [0.15, 0.2) is 53.3 Å². The Kier molecular flexibility index (Phi) is 7.69. The van der Waals surface area contributed by atoms with Crippen molar-refractivity contribution in [1.82, 2.24) is 34.0 Å². The molecular formula is C36H38BrN7O3. The quantitative estimate of drug-likeness (QED) is 0.161. The maximum Gasteiger partial charge on any atom is 0.352 e. The molecule has 2 aromatic carbocycles. The molecule has 6 aromatic rings. The number of carboxylic acid groups (broad SMARTS) is 1. The van der Waals surface area contributed by atoms with Crippen molar-refractivity contribution in [2.75, 3.05) is 0 Å². The highest BCUT2D eigenvalue weighted by molar-refractivity contribution is 9.10. The van der Waals surface area contributed by atoms with Crippen molar-refractivity contribution < 1.29 is 14.7 Å². The molecule has 1 unspecified atom stereocenters. The third-order valence-corrected chi connectivity index (χ3v) is 10.5. The molecule has 1 amide bonds. The van der Waals surface area contributed by atoms with E-state index in [0.717, 1.165) is 87.4 Å². The van der Waals surface area contributed by atoms with Crippen LogP contribution in [0.4, 0.5) is 0 Å². The second-order valence-electron chi connectivity index (χ2n) is 12.8. The Morgan fingerprint density at radius 1 is 0.979 bits per heavy atom. The first-order valence-electron chi connectivity index (χ1n) is 16.2. The van der Waals surface area contributed by atoms with Gasteiger partial charge in [0.05, 0.1) is 32.3 Å². The van der Waals surface area contributed by atoms with Crippen molar-refractivity contribution in [3.63, 3.8) is 0 Å². The van der Waals surface area contributed by atoms with E-state index in [1.807, 2.05) is 42.9 Å². The Morgan fingerprint density at radius 2 is 1.72 bits per heavy atom. The van der Waals surface area contributed by atoms with Crippen LogP contribution in [-0.4, -0.2) is 45.6 Å². The number of imidazole rings is 1. The van der Waals surface area contributed by atoms with Gasteiger partial charge in [-0.1, -0.05) is 26.3 Å². The monoisotopic (exact) mass is 695 g/mol. The van der Waals surface area contributed by atoms with Crippen LogP contribution >= 0.6 is 15.9 Å². The lowest BCUT2D eigenvalue weighted by molar-refractivity contribution is 0.0686. The van der Waals surface area contributed by atoms with Crippen molar-refractivity contribution in [2.24, 2.45) is 21.1 Å². The molecule has 47 heavy (non-hydrogen) atoms. The van der Waals surface area contributed by atoms with E-state index in [1.165, 1.54) is 5.56 Å². The summed E-state index contributed by atoms with van der Waals surface area (Å²) in [6.07, 6.45) is 9.23. The van der Waals surface area contributed by atoms with Crippen molar-refractivity contribution in [1.29, 1.82) is 0 Å². The van der Waals surface area contributed by atoms with Crippen molar-refractivity contribution >= 4 is 60.6 Å². The summed E-state index contributed by atoms with van der Waals surface area (Å²) < 4.78 is 6.68. The van der Waals surface area contributed by atoms with E-state index in [9.17, 15) is 14.7 Å². The fourth-order valence-electron chi connectivity index (χ4n) is 7.51. The number of aryl methyl sites for hydroxylation is 3. The molecule has 2 N–H and O–H groups in total. The SMILES string of the molecule is CCCC(CC)c1c(-c2ncc(Br)cn2)n(C)c2cc(C(=O)NC3(c4nc5cc6c(cc(C(=O)O)n6C)cc5n4C)CCC3)ccc12. The number of halogens is 1. The molecule has 0 radical (unpaired) electrons. The van der Waals surface area contributed by atoms with Crippen molar-refractivity contribution in [3.05, 3.63) is 75.9 Å². The van der Waals surface area contributed by atoms with Gasteiger partial charge in [0.2, 0.25) is 0 Å². The average molecular weight is 697 g/mol. The molecule has 0 aliphatic heterocycles. The summed E-state index contributed by atoms with van der Waals surface area (Å²) in [6, 6.07) is 11.6. The summed E-state index contributed by atoms with van der Waals surface area (Å²) in [7, 11) is 5.75. The second kappa shape index (κ2) is 11.6. The highest BCUT2D eigenvalue weighted by Crippen LogP contribution is 2.43. The normalized spacial score (nSPS) is 14.9. The summed E-state index contributed by atoms with van der Waals surface area (Å²) in [5.74, 6) is 0.715. The molecule has 4 heterocycles. The van der Waals surface area contributed by atoms with E-state index in [2.05, 4.69) is 55.7 Å². The number of nitrogens with one attached hydrogen (secondary N) is 1. The molecule has 4 aromatic heterocycles. The van der Waals surface area contributed by atoms with E-state index in [4.69, 9.17) is 4.98 Å². The van der Waals surface area contributed by atoms with Gasteiger partial charge >= 0.3 is 5.97 Å². The fourth-order valence-corrected chi connectivity index (χ4v) is 7.71. The smallest absolute Gasteiger partial charge is 0.352 e. The zero-order chi connectivity index (χ0) is 33.2. The molecular weight excluding hydrogens is 658 g/mol. The van der Waals surface area contributed by atoms with Gasteiger partial charge in [0.15, 0.2) is 5.82 Å². The zero-order valence-corrected chi connectivity index (χ0v) is 28.8. The van der Waals surface area contributed by atoms with Crippen molar-refractivity contribution in [3.8, 4) is 11.5 Å². The van der Waals surface area contributed by atoms with Gasteiger partial charge in [-0.15, -0.1) is 0 Å². The number of rotatable bonds is 9. The molecule has 0 spiro atoms. The third kappa shape index (κ3) is 4.94. The number of fused-ring (bicyclic) bond motifs is 3. The fraction of sp³-hybridized carbons (Fsp3) is 0.361. The number of amides is 1. The number of nitrogens with zero attached hydrogens (tertiary/aromatic N) is 6. The van der Waals surface area contributed by atoms with Crippen molar-refractivity contribution in [2.45, 2.75) is 63.8 Å². The Balaban J connectivity index is 1.27. The maximum absolute atomic E-state index is 14.0. The lowest BCUT2D eigenvalue weighted by atomic mass is 9.75. The van der Waals surface area contributed by atoms with Gasteiger partial charge in [-0.2, -0.15) is 0 Å². The Bertz CT molecular complexity index is 2210. The number of benzene rings is 2. The molecule has 10 nitrogen and oxygen atoms in total. The van der Waals surface area contributed by atoms with E-state index in [1.54, 1.807) is 30.1 Å². The van der Waals surface area contributed by atoms with Gasteiger partial charge in [0, 0.05) is 55.4 Å². The Hall–Kier alpha value is -4.51. The van der Waals surface area contributed by atoms with Gasteiger partial charge in [-0.25, -0.2) is 19.7 Å². The summed E-state index contributed by atoms with van der Waals surface area (Å²) in [4.78, 5) is 40.1. The predicted octanol–water partition coefficient (Wildman–Crippen LogP) is 7.58. The minimum absolute atomic E-state index is 0.139. The topological polar surface area (TPSA) is 120 Å². The standard InChI is InChI=1S/C36H38BrN7O3/c1-6-9-20(7-2)30-24-11-10-21(14-27(24)43(4)31(30)32-38-18-23(37)19-39-32)33(45)41-36(12-8-13-36)35-40-25-17-26-22(15-28(25)44(35)5)16-29(34(46)47)42(26)3/h10-11,14-20H,6-9,12-13H2,1-5H3,(H,41,45)(H,46,47). The van der Waals surface area contributed by atoms with Crippen LogP contribution in [0.5, 0.6) is 0 Å². The molecule has 7 rings (SSSR count). The van der Waals surface area contributed by atoms with Crippen LogP contribution < -0.4 is 5.32 Å². The molecule has 1 saturated carbocycles. The Morgan fingerprint density at radius 3 is 2.36 bits per heavy atom. The molecule has 1 fully saturated rings. The van der Waals surface area contributed by atoms with Gasteiger partial charge < -0.3 is 24.1 Å². The molecule has 0 saturated heterocycles. The van der Waals surface area contributed by atoms with Gasteiger partial charge in [-0.3, -0.25) is 4.79 Å². The number of carbonyl (C=O) groups excluding carboxylic acids is 1. The van der Waals surface area contributed by atoms with Gasteiger partial charge in [0.1, 0.15) is 11.5 Å². The third-order valence-electron chi connectivity index (χ3n) is 10.1. The predicted molar refractivity (Wildman–Crippen MR) is 187 cm³/mol. The van der Waals surface area contributed by atoms with Crippen LogP contribution in [0, 0.1) is 0 Å². The number of hydrogen-bond donors (Lipinski definition) is 2. The second-order valence-corrected chi connectivity index (χ2v) is 13.8. The first-order chi connectivity index (χ1) is 22.6.